The number of primary amides is 1. The summed E-state index contributed by atoms with van der Waals surface area (Å²) < 4.78 is 0. The lowest BCUT2D eigenvalue weighted by Crippen LogP contribution is -2.51. The van der Waals surface area contributed by atoms with Gasteiger partial charge in [-0.1, -0.05) is 0 Å². The Balaban J connectivity index is 2.52. The number of hydrogen-bond acceptors (Lipinski definition) is 3. The van der Waals surface area contributed by atoms with E-state index in [1.807, 2.05) is 0 Å². The van der Waals surface area contributed by atoms with Crippen LogP contribution in [0.5, 0.6) is 0 Å². The normalized spacial score (nSPS) is 21.7. The van der Waals surface area contributed by atoms with Gasteiger partial charge in [0.05, 0.1) is 5.92 Å². The largest absolute Gasteiger partial charge is 0.481 e. The number of carbonyl (C=O) groups excluding carboxylic acids is 2. The Bertz CT molecular complexity index is 332. The molecule has 0 aromatic rings. The van der Waals surface area contributed by atoms with Gasteiger partial charge < -0.3 is 21.1 Å². The molecular formula is C10H17N3O4. The van der Waals surface area contributed by atoms with E-state index in [0.29, 0.717) is 19.4 Å². The third kappa shape index (κ3) is 3.61. The number of nitrogens with two attached hydrogens (primary N) is 1. The van der Waals surface area contributed by atoms with Crippen LogP contribution in [0.3, 0.4) is 0 Å². The molecule has 4 N–H and O–H groups in total. The number of amides is 3. The molecular weight excluding hydrogens is 226 g/mol. The van der Waals surface area contributed by atoms with E-state index >= 15 is 0 Å². The van der Waals surface area contributed by atoms with Crippen LogP contribution in [-0.2, 0) is 9.59 Å². The summed E-state index contributed by atoms with van der Waals surface area (Å²) in [4.78, 5) is 34.7. The maximum atomic E-state index is 11.7. The van der Waals surface area contributed by atoms with Crippen molar-refractivity contribution in [2.24, 2.45) is 11.7 Å². The lowest BCUT2D eigenvalue weighted by Gasteiger charge is -2.31. The number of piperidine rings is 1. The first-order valence-electron chi connectivity index (χ1n) is 5.49. The van der Waals surface area contributed by atoms with Gasteiger partial charge in [-0.2, -0.15) is 0 Å². The van der Waals surface area contributed by atoms with Gasteiger partial charge in [-0.3, -0.25) is 9.59 Å². The van der Waals surface area contributed by atoms with Crippen LogP contribution in [0, 0.1) is 5.92 Å². The van der Waals surface area contributed by atoms with Gasteiger partial charge in [0, 0.05) is 13.1 Å². The van der Waals surface area contributed by atoms with Gasteiger partial charge in [0.1, 0.15) is 6.04 Å². The van der Waals surface area contributed by atoms with Crippen molar-refractivity contribution in [3.05, 3.63) is 0 Å². The van der Waals surface area contributed by atoms with Crippen molar-refractivity contribution in [2.45, 2.75) is 25.8 Å². The third-order valence-electron chi connectivity index (χ3n) is 2.82. The first-order chi connectivity index (χ1) is 7.91. The summed E-state index contributed by atoms with van der Waals surface area (Å²) in [5, 5.41) is 11.3. The van der Waals surface area contributed by atoms with Gasteiger partial charge in [0.25, 0.3) is 0 Å². The smallest absolute Gasteiger partial charge is 0.318 e. The van der Waals surface area contributed by atoms with Crippen molar-refractivity contribution in [1.82, 2.24) is 10.2 Å². The van der Waals surface area contributed by atoms with Crippen LogP contribution >= 0.6 is 0 Å². The van der Waals surface area contributed by atoms with E-state index in [1.165, 1.54) is 11.8 Å². The molecule has 1 aliphatic heterocycles. The van der Waals surface area contributed by atoms with E-state index in [4.69, 9.17) is 10.8 Å². The molecule has 1 fully saturated rings. The van der Waals surface area contributed by atoms with Crippen molar-refractivity contribution in [1.29, 1.82) is 0 Å². The molecule has 0 spiro atoms. The summed E-state index contributed by atoms with van der Waals surface area (Å²) in [6.45, 7) is 2.16. The van der Waals surface area contributed by atoms with Crippen LogP contribution < -0.4 is 11.1 Å². The van der Waals surface area contributed by atoms with Crippen molar-refractivity contribution in [3.8, 4) is 0 Å². The lowest BCUT2D eigenvalue weighted by molar-refractivity contribution is -0.143. The van der Waals surface area contributed by atoms with Crippen LogP contribution in [-0.4, -0.2) is 47.0 Å². The summed E-state index contributed by atoms with van der Waals surface area (Å²) in [7, 11) is 0. The summed E-state index contributed by atoms with van der Waals surface area (Å²) in [6, 6.07) is -1.20. The fourth-order valence-electron chi connectivity index (χ4n) is 1.71. The molecule has 1 heterocycles. The second-order valence-electron chi connectivity index (χ2n) is 4.20. The van der Waals surface area contributed by atoms with Crippen LogP contribution in [0.4, 0.5) is 4.79 Å². The Morgan fingerprint density at radius 3 is 2.65 bits per heavy atom. The van der Waals surface area contributed by atoms with Crippen molar-refractivity contribution in [3.63, 3.8) is 0 Å². The van der Waals surface area contributed by atoms with Gasteiger partial charge in [-0.25, -0.2) is 4.79 Å². The Morgan fingerprint density at radius 2 is 2.12 bits per heavy atom. The number of carboxylic acids is 1. The van der Waals surface area contributed by atoms with E-state index in [2.05, 4.69) is 5.32 Å². The van der Waals surface area contributed by atoms with Crippen LogP contribution in [0.15, 0.2) is 0 Å². The fourth-order valence-corrected chi connectivity index (χ4v) is 1.71. The first-order valence-corrected chi connectivity index (χ1v) is 5.49. The van der Waals surface area contributed by atoms with E-state index < -0.39 is 29.9 Å². The standard InChI is InChI=1S/C10H17N3O4/c1-6(8(11)14)12-10(17)13-4-2-3-7(5-13)9(15)16/h6-7H,2-5H2,1H3,(H2,11,14)(H,12,17)(H,15,16)/t6?,7-/m0/s1. The quantitative estimate of drug-likeness (QED) is 0.612. The highest BCUT2D eigenvalue weighted by Crippen LogP contribution is 2.16. The molecule has 0 aromatic heterocycles. The molecule has 1 saturated heterocycles. The average Bonchev–Trinajstić information content (AvgIpc) is 2.28. The summed E-state index contributed by atoms with van der Waals surface area (Å²) >= 11 is 0. The zero-order valence-corrected chi connectivity index (χ0v) is 9.68. The second kappa shape index (κ2) is 5.51. The van der Waals surface area contributed by atoms with Crippen LogP contribution in [0.2, 0.25) is 0 Å². The maximum absolute atomic E-state index is 11.7. The minimum atomic E-state index is -0.898. The molecule has 7 nitrogen and oxygen atoms in total. The van der Waals surface area contributed by atoms with Crippen LogP contribution in [0.25, 0.3) is 0 Å². The number of hydrogen-bond donors (Lipinski definition) is 3. The highest BCUT2D eigenvalue weighted by atomic mass is 16.4. The highest BCUT2D eigenvalue weighted by molar-refractivity contribution is 5.85. The van der Waals surface area contributed by atoms with Crippen molar-refractivity contribution < 1.29 is 19.5 Å². The summed E-state index contributed by atoms with van der Waals surface area (Å²) in [6.07, 6.45) is 1.22. The monoisotopic (exact) mass is 243 g/mol. The molecule has 0 bridgehead atoms. The van der Waals surface area contributed by atoms with Crippen molar-refractivity contribution in [2.75, 3.05) is 13.1 Å². The Labute approximate surface area is 98.9 Å². The molecule has 0 aromatic carbocycles. The number of urea groups is 1. The number of rotatable bonds is 3. The molecule has 0 saturated carbocycles. The highest BCUT2D eigenvalue weighted by Gasteiger charge is 2.28. The lowest BCUT2D eigenvalue weighted by atomic mass is 9.99. The van der Waals surface area contributed by atoms with Gasteiger partial charge in [0.2, 0.25) is 5.91 Å². The molecule has 7 heteroatoms. The molecule has 1 unspecified atom stereocenters. The van der Waals surface area contributed by atoms with Gasteiger partial charge in [0.15, 0.2) is 0 Å². The molecule has 2 atom stereocenters. The Hall–Kier alpha value is -1.79. The molecule has 0 aliphatic carbocycles. The van der Waals surface area contributed by atoms with Gasteiger partial charge >= 0.3 is 12.0 Å². The van der Waals surface area contributed by atoms with E-state index in [-0.39, 0.29) is 6.54 Å². The van der Waals surface area contributed by atoms with E-state index in [9.17, 15) is 14.4 Å². The average molecular weight is 243 g/mol. The summed E-state index contributed by atoms with van der Waals surface area (Å²) in [5.41, 5.74) is 5.02. The predicted molar refractivity (Wildman–Crippen MR) is 59.1 cm³/mol. The number of nitrogens with zero attached hydrogens (tertiary/aromatic N) is 1. The minimum Gasteiger partial charge on any atom is -0.481 e. The maximum Gasteiger partial charge on any atom is 0.318 e. The number of aliphatic carboxylic acids is 1. The zero-order valence-electron chi connectivity index (χ0n) is 9.68. The number of carboxylic acid groups (broad SMARTS) is 1. The Kier molecular flexibility index (Phi) is 4.30. The molecule has 0 radical (unpaired) electrons. The first kappa shape index (κ1) is 13.3. The predicted octanol–water partition coefficient (Wildman–Crippen LogP) is -0.634. The molecule has 1 aliphatic rings. The van der Waals surface area contributed by atoms with E-state index in [1.54, 1.807) is 0 Å². The summed E-state index contributed by atoms with van der Waals surface area (Å²) in [5.74, 6) is -2.05. The molecule has 1 rings (SSSR count). The topological polar surface area (TPSA) is 113 Å². The number of nitrogens with one attached hydrogen (secondary N) is 1. The zero-order chi connectivity index (χ0) is 13.0. The molecule has 17 heavy (non-hydrogen) atoms. The van der Waals surface area contributed by atoms with Crippen LogP contribution in [0.1, 0.15) is 19.8 Å². The van der Waals surface area contributed by atoms with Gasteiger partial charge in [-0.15, -0.1) is 0 Å². The molecule has 96 valence electrons. The number of carbonyl (C=O) groups is 3. The van der Waals surface area contributed by atoms with Gasteiger partial charge in [-0.05, 0) is 19.8 Å². The number of likely N-dealkylation sites (tertiary alicyclic amines) is 1. The third-order valence-corrected chi connectivity index (χ3v) is 2.82. The van der Waals surface area contributed by atoms with E-state index in [0.717, 1.165) is 0 Å². The second-order valence-corrected chi connectivity index (χ2v) is 4.20. The SMILES string of the molecule is CC(NC(=O)N1CCC[C@H](C(=O)O)C1)C(N)=O. The molecule has 3 amide bonds. The Morgan fingerprint density at radius 1 is 1.47 bits per heavy atom. The fraction of sp³-hybridized carbons (Fsp3) is 0.700. The minimum absolute atomic E-state index is 0.173. The van der Waals surface area contributed by atoms with Crippen molar-refractivity contribution >= 4 is 17.9 Å².